The molecule has 0 bridgehead atoms. The molecule has 84 valence electrons. The molecule has 0 aliphatic rings. The van der Waals surface area contributed by atoms with Crippen LogP contribution in [0.4, 0.5) is 0 Å². The van der Waals surface area contributed by atoms with Gasteiger partial charge in [0.05, 0.1) is 23.6 Å². The van der Waals surface area contributed by atoms with Crippen LogP contribution in [0.2, 0.25) is 0 Å². The van der Waals surface area contributed by atoms with E-state index in [1.165, 1.54) is 9.75 Å². The summed E-state index contributed by atoms with van der Waals surface area (Å²) in [6.45, 7) is 4.06. The molecule has 1 N–H and O–H groups in total. The van der Waals surface area contributed by atoms with E-state index in [1.807, 2.05) is 20.2 Å². The van der Waals surface area contributed by atoms with Gasteiger partial charge in [0.2, 0.25) is 0 Å². The van der Waals surface area contributed by atoms with Crippen LogP contribution in [-0.4, -0.2) is 17.0 Å². The number of aromatic nitrogens is 2. The largest absolute Gasteiger partial charge is 0.307 e. The minimum Gasteiger partial charge on any atom is -0.307 e. The third-order valence-electron chi connectivity index (χ3n) is 2.43. The van der Waals surface area contributed by atoms with E-state index in [0.29, 0.717) is 0 Å². The lowest BCUT2D eigenvalue weighted by Crippen LogP contribution is -2.18. The van der Waals surface area contributed by atoms with E-state index < -0.39 is 0 Å². The molecule has 2 heterocycles. The van der Waals surface area contributed by atoms with Crippen LogP contribution in [0, 0.1) is 13.8 Å². The molecule has 0 aromatic carbocycles. The first kappa shape index (κ1) is 11.2. The molecule has 1 unspecified atom stereocenters. The van der Waals surface area contributed by atoms with Gasteiger partial charge in [0.1, 0.15) is 0 Å². The molecule has 0 saturated carbocycles. The molecule has 0 aliphatic heterocycles. The van der Waals surface area contributed by atoms with Gasteiger partial charge in [-0.25, -0.2) is 0 Å². The molecule has 0 fully saturated rings. The SMILES string of the molecule is CNC(c1cnc(C)cn1)c1ccc(C)s1. The van der Waals surface area contributed by atoms with E-state index >= 15 is 0 Å². The molecule has 0 radical (unpaired) electrons. The van der Waals surface area contributed by atoms with Crippen LogP contribution in [0.1, 0.15) is 27.2 Å². The van der Waals surface area contributed by atoms with Crippen LogP contribution in [0.5, 0.6) is 0 Å². The summed E-state index contributed by atoms with van der Waals surface area (Å²) in [5.74, 6) is 0. The number of nitrogens with one attached hydrogen (secondary N) is 1. The maximum Gasteiger partial charge on any atom is 0.0858 e. The highest BCUT2D eigenvalue weighted by molar-refractivity contribution is 7.12. The van der Waals surface area contributed by atoms with Gasteiger partial charge in [0, 0.05) is 16.0 Å². The normalized spacial score (nSPS) is 12.7. The van der Waals surface area contributed by atoms with Crippen LogP contribution < -0.4 is 5.32 Å². The van der Waals surface area contributed by atoms with Crippen molar-refractivity contribution in [3.8, 4) is 0 Å². The Morgan fingerprint density at radius 2 is 2.00 bits per heavy atom. The van der Waals surface area contributed by atoms with Gasteiger partial charge >= 0.3 is 0 Å². The number of hydrogen-bond donors (Lipinski definition) is 1. The van der Waals surface area contributed by atoms with Crippen molar-refractivity contribution in [3.63, 3.8) is 0 Å². The zero-order valence-corrected chi connectivity index (χ0v) is 10.5. The molecule has 0 spiro atoms. The fourth-order valence-corrected chi connectivity index (χ4v) is 2.60. The van der Waals surface area contributed by atoms with Gasteiger partial charge in [-0.05, 0) is 33.0 Å². The van der Waals surface area contributed by atoms with Gasteiger partial charge in [-0.2, -0.15) is 0 Å². The first-order valence-electron chi connectivity index (χ1n) is 5.23. The Balaban J connectivity index is 2.32. The second kappa shape index (κ2) is 4.72. The van der Waals surface area contributed by atoms with Crippen LogP contribution in [0.25, 0.3) is 0 Å². The Bertz CT molecular complexity index is 461. The zero-order chi connectivity index (χ0) is 11.5. The van der Waals surface area contributed by atoms with Crippen LogP contribution in [0.15, 0.2) is 24.5 Å². The Kier molecular flexibility index (Phi) is 3.31. The summed E-state index contributed by atoms with van der Waals surface area (Å²) in [5, 5.41) is 3.28. The van der Waals surface area contributed by atoms with E-state index in [2.05, 4.69) is 34.3 Å². The minimum absolute atomic E-state index is 0.145. The van der Waals surface area contributed by atoms with E-state index in [4.69, 9.17) is 0 Å². The van der Waals surface area contributed by atoms with Crippen molar-refractivity contribution in [1.29, 1.82) is 0 Å². The van der Waals surface area contributed by atoms with Crippen LogP contribution in [0.3, 0.4) is 0 Å². The lowest BCUT2D eigenvalue weighted by molar-refractivity contribution is 0.676. The van der Waals surface area contributed by atoms with Crippen molar-refractivity contribution in [2.24, 2.45) is 0 Å². The molecular formula is C12H15N3S. The van der Waals surface area contributed by atoms with E-state index in [9.17, 15) is 0 Å². The van der Waals surface area contributed by atoms with Gasteiger partial charge in [-0.15, -0.1) is 11.3 Å². The van der Waals surface area contributed by atoms with Gasteiger partial charge in [-0.1, -0.05) is 0 Å². The van der Waals surface area contributed by atoms with Gasteiger partial charge in [0.15, 0.2) is 0 Å². The van der Waals surface area contributed by atoms with Gasteiger partial charge < -0.3 is 5.32 Å². The molecule has 16 heavy (non-hydrogen) atoms. The summed E-state index contributed by atoms with van der Waals surface area (Å²) in [5.41, 5.74) is 1.91. The highest BCUT2D eigenvalue weighted by Gasteiger charge is 2.15. The topological polar surface area (TPSA) is 37.8 Å². The van der Waals surface area contributed by atoms with E-state index in [0.717, 1.165) is 11.4 Å². The lowest BCUT2D eigenvalue weighted by Gasteiger charge is -2.13. The van der Waals surface area contributed by atoms with E-state index in [1.54, 1.807) is 17.5 Å². The summed E-state index contributed by atoms with van der Waals surface area (Å²) < 4.78 is 0. The molecule has 1 atom stereocenters. The predicted molar refractivity (Wildman–Crippen MR) is 66.7 cm³/mol. The summed E-state index contributed by atoms with van der Waals surface area (Å²) in [6.07, 6.45) is 3.64. The Morgan fingerprint density at radius 1 is 1.19 bits per heavy atom. The van der Waals surface area contributed by atoms with Crippen molar-refractivity contribution >= 4 is 11.3 Å². The van der Waals surface area contributed by atoms with Gasteiger partial charge in [-0.3, -0.25) is 9.97 Å². The molecule has 2 rings (SSSR count). The zero-order valence-electron chi connectivity index (χ0n) is 9.69. The summed E-state index contributed by atoms with van der Waals surface area (Å²) >= 11 is 1.79. The predicted octanol–water partition coefficient (Wildman–Crippen LogP) is 2.46. The molecule has 2 aromatic heterocycles. The number of rotatable bonds is 3. The van der Waals surface area contributed by atoms with Crippen LogP contribution >= 0.6 is 11.3 Å². The van der Waals surface area contributed by atoms with Crippen LogP contribution in [-0.2, 0) is 0 Å². The molecule has 0 amide bonds. The average Bonchev–Trinajstić information content (AvgIpc) is 2.69. The van der Waals surface area contributed by atoms with Crippen molar-refractivity contribution in [2.75, 3.05) is 7.05 Å². The minimum atomic E-state index is 0.145. The number of nitrogens with zero attached hydrogens (tertiary/aromatic N) is 2. The van der Waals surface area contributed by atoms with Crippen molar-refractivity contribution in [3.05, 3.63) is 45.7 Å². The molecule has 4 heteroatoms. The third kappa shape index (κ3) is 2.28. The summed E-state index contributed by atoms with van der Waals surface area (Å²) in [7, 11) is 1.95. The molecule has 3 nitrogen and oxygen atoms in total. The first-order valence-corrected chi connectivity index (χ1v) is 6.04. The highest BCUT2D eigenvalue weighted by Crippen LogP contribution is 2.26. The maximum atomic E-state index is 4.42. The monoisotopic (exact) mass is 233 g/mol. The fraction of sp³-hybridized carbons (Fsp3) is 0.333. The summed E-state index contributed by atoms with van der Waals surface area (Å²) in [4.78, 5) is 11.3. The quantitative estimate of drug-likeness (QED) is 0.885. The van der Waals surface area contributed by atoms with Crippen molar-refractivity contribution < 1.29 is 0 Å². The first-order chi connectivity index (χ1) is 7.70. The lowest BCUT2D eigenvalue weighted by atomic mass is 10.2. The smallest absolute Gasteiger partial charge is 0.0858 e. The van der Waals surface area contributed by atoms with Gasteiger partial charge in [0.25, 0.3) is 0 Å². The molecular weight excluding hydrogens is 218 g/mol. The Hall–Kier alpha value is -1.26. The summed E-state index contributed by atoms with van der Waals surface area (Å²) in [6, 6.07) is 4.42. The second-order valence-corrected chi connectivity index (χ2v) is 5.07. The Morgan fingerprint density at radius 3 is 2.50 bits per heavy atom. The van der Waals surface area contributed by atoms with Crippen molar-refractivity contribution in [2.45, 2.75) is 19.9 Å². The third-order valence-corrected chi connectivity index (χ3v) is 3.50. The van der Waals surface area contributed by atoms with E-state index in [-0.39, 0.29) is 6.04 Å². The fourth-order valence-electron chi connectivity index (χ4n) is 1.60. The molecule has 0 saturated heterocycles. The highest BCUT2D eigenvalue weighted by atomic mass is 32.1. The average molecular weight is 233 g/mol. The van der Waals surface area contributed by atoms with Crippen molar-refractivity contribution in [1.82, 2.24) is 15.3 Å². The number of thiophene rings is 1. The molecule has 0 aliphatic carbocycles. The number of aryl methyl sites for hydroxylation is 2. The standard InChI is InChI=1S/C12H15N3S/c1-8-6-15-10(7-14-8)12(13-3)11-5-4-9(2)16-11/h4-7,12-13H,1-3H3. The second-order valence-electron chi connectivity index (χ2n) is 3.75. The number of hydrogen-bond acceptors (Lipinski definition) is 4. The molecule has 2 aromatic rings. The Labute approximate surface area is 99.6 Å². The maximum absolute atomic E-state index is 4.42.